The van der Waals surface area contributed by atoms with Gasteiger partial charge in [0.1, 0.15) is 5.82 Å². The van der Waals surface area contributed by atoms with Gasteiger partial charge in [-0.05, 0) is 12.1 Å². The van der Waals surface area contributed by atoms with E-state index in [-0.39, 0.29) is 10.9 Å². The maximum atomic E-state index is 13.5. The van der Waals surface area contributed by atoms with Gasteiger partial charge in [0.2, 0.25) is 0 Å². The lowest BCUT2D eigenvalue weighted by molar-refractivity contribution is 0.0692. The molecule has 2 aromatic rings. The number of carboxylic acids is 1. The molecule has 0 saturated heterocycles. The predicted molar refractivity (Wildman–Crippen MR) is 47.6 cm³/mol. The Labute approximate surface area is 78.6 Å². The molecule has 0 bridgehead atoms. The first-order valence-electron chi connectivity index (χ1n) is 3.95. The van der Waals surface area contributed by atoms with Crippen LogP contribution in [0.4, 0.5) is 4.39 Å². The van der Waals surface area contributed by atoms with Crippen molar-refractivity contribution in [3.05, 3.63) is 29.7 Å². The number of hydrogen-bond acceptors (Lipinski definition) is 2. The van der Waals surface area contributed by atoms with Gasteiger partial charge >= 0.3 is 5.97 Å². The molecule has 0 aliphatic heterocycles. The highest BCUT2D eigenvalue weighted by atomic mass is 19.1. The monoisotopic (exact) mass is 194 g/mol. The number of aryl methyl sites for hydroxylation is 1. The second-order valence-electron chi connectivity index (χ2n) is 2.97. The molecule has 72 valence electrons. The van der Waals surface area contributed by atoms with Crippen LogP contribution in [0.3, 0.4) is 0 Å². The van der Waals surface area contributed by atoms with Crippen LogP contribution < -0.4 is 0 Å². The summed E-state index contributed by atoms with van der Waals surface area (Å²) < 4.78 is 14.9. The standard InChI is InChI=1S/C9H7FN2O2/c1-12-4-6-7(11-12)3-2-5(8(6)10)9(13)14/h2-4H,1H3,(H,13,14). The van der Waals surface area contributed by atoms with Gasteiger partial charge in [0.15, 0.2) is 0 Å². The number of halogens is 1. The molecule has 0 aliphatic carbocycles. The zero-order chi connectivity index (χ0) is 10.3. The van der Waals surface area contributed by atoms with Gasteiger partial charge in [0, 0.05) is 13.2 Å². The molecule has 0 atom stereocenters. The Morgan fingerprint density at radius 3 is 2.93 bits per heavy atom. The molecule has 0 fully saturated rings. The summed E-state index contributed by atoms with van der Waals surface area (Å²) in [6, 6.07) is 2.70. The van der Waals surface area contributed by atoms with Crippen LogP contribution in [0.15, 0.2) is 18.3 Å². The Balaban J connectivity index is 2.80. The Morgan fingerprint density at radius 2 is 2.29 bits per heavy atom. The van der Waals surface area contributed by atoms with Crippen LogP contribution in [0.25, 0.3) is 10.9 Å². The van der Waals surface area contributed by atoms with Gasteiger partial charge in [0.25, 0.3) is 0 Å². The molecule has 1 N–H and O–H groups in total. The van der Waals surface area contributed by atoms with E-state index >= 15 is 0 Å². The van der Waals surface area contributed by atoms with E-state index < -0.39 is 11.8 Å². The van der Waals surface area contributed by atoms with E-state index in [0.29, 0.717) is 5.52 Å². The Bertz CT molecular complexity index is 519. The third-order valence-electron chi connectivity index (χ3n) is 1.97. The first kappa shape index (κ1) is 8.68. The quantitative estimate of drug-likeness (QED) is 0.746. The van der Waals surface area contributed by atoms with Crippen molar-refractivity contribution in [3.8, 4) is 0 Å². The smallest absolute Gasteiger partial charge is 0.338 e. The molecule has 5 heteroatoms. The van der Waals surface area contributed by atoms with Crippen LogP contribution >= 0.6 is 0 Å². The number of hydrogen-bond donors (Lipinski definition) is 1. The van der Waals surface area contributed by atoms with E-state index in [2.05, 4.69) is 5.10 Å². The second kappa shape index (κ2) is 2.80. The van der Waals surface area contributed by atoms with Gasteiger partial charge in [-0.2, -0.15) is 5.10 Å². The number of benzene rings is 1. The highest BCUT2D eigenvalue weighted by molar-refractivity contribution is 5.93. The number of aromatic nitrogens is 2. The van der Waals surface area contributed by atoms with Crippen molar-refractivity contribution < 1.29 is 14.3 Å². The fraction of sp³-hybridized carbons (Fsp3) is 0.111. The van der Waals surface area contributed by atoms with E-state index in [4.69, 9.17) is 5.11 Å². The van der Waals surface area contributed by atoms with Crippen molar-refractivity contribution in [2.24, 2.45) is 7.05 Å². The molecule has 1 heterocycles. The van der Waals surface area contributed by atoms with Crippen LogP contribution in [-0.2, 0) is 7.05 Å². The highest BCUT2D eigenvalue weighted by Crippen LogP contribution is 2.19. The summed E-state index contributed by atoms with van der Waals surface area (Å²) in [7, 11) is 1.65. The molecule has 0 amide bonds. The largest absolute Gasteiger partial charge is 0.478 e. The average Bonchev–Trinajstić information content (AvgIpc) is 2.46. The average molecular weight is 194 g/mol. The van der Waals surface area contributed by atoms with Crippen molar-refractivity contribution in [2.45, 2.75) is 0 Å². The molecule has 1 aromatic heterocycles. The van der Waals surface area contributed by atoms with Crippen molar-refractivity contribution >= 4 is 16.9 Å². The van der Waals surface area contributed by atoms with Crippen molar-refractivity contribution in [2.75, 3.05) is 0 Å². The van der Waals surface area contributed by atoms with Crippen LogP contribution in [0.2, 0.25) is 0 Å². The van der Waals surface area contributed by atoms with Crippen molar-refractivity contribution in [3.63, 3.8) is 0 Å². The van der Waals surface area contributed by atoms with E-state index in [1.807, 2.05) is 0 Å². The van der Waals surface area contributed by atoms with Crippen molar-refractivity contribution in [1.29, 1.82) is 0 Å². The van der Waals surface area contributed by atoms with Gasteiger partial charge in [-0.3, -0.25) is 4.68 Å². The normalized spacial score (nSPS) is 10.7. The zero-order valence-corrected chi connectivity index (χ0v) is 7.36. The summed E-state index contributed by atoms with van der Waals surface area (Å²) >= 11 is 0. The van der Waals surface area contributed by atoms with Gasteiger partial charge in [-0.25, -0.2) is 9.18 Å². The number of rotatable bonds is 1. The molecule has 0 radical (unpaired) electrons. The lowest BCUT2D eigenvalue weighted by atomic mass is 10.1. The number of aromatic carboxylic acids is 1. The Morgan fingerprint density at radius 1 is 1.57 bits per heavy atom. The molecule has 1 aromatic carbocycles. The maximum Gasteiger partial charge on any atom is 0.338 e. The number of carboxylic acid groups (broad SMARTS) is 1. The Hall–Kier alpha value is -1.91. The summed E-state index contributed by atoms with van der Waals surface area (Å²) in [5.41, 5.74) is 0.125. The summed E-state index contributed by atoms with van der Waals surface area (Å²) in [5.74, 6) is -2.00. The van der Waals surface area contributed by atoms with E-state index in [0.717, 1.165) is 0 Å². The molecule has 4 nitrogen and oxygen atoms in total. The lowest BCUT2D eigenvalue weighted by Crippen LogP contribution is -1.99. The number of fused-ring (bicyclic) bond motifs is 1. The van der Waals surface area contributed by atoms with Crippen LogP contribution in [0.5, 0.6) is 0 Å². The third kappa shape index (κ3) is 1.14. The lowest BCUT2D eigenvalue weighted by Gasteiger charge is -1.96. The molecule has 2 rings (SSSR count). The number of carbonyl (C=O) groups is 1. The fourth-order valence-electron chi connectivity index (χ4n) is 1.34. The van der Waals surface area contributed by atoms with Crippen LogP contribution in [0.1, 0.15) is 10.4 Å². The minimum atomic E-state index is -1.27. The zero-order valence-electron chi connectivity index (χ0n) is 7.36. The summed E-state index contributed by atoms with van der Waals surface area (Å²) in [5, 5.41) is 12.9. The third-order valence-corrected chi connectivity index (χ3v) is 1.97. The molecule has 0 aliphatic rings. The molecular weight excluding hydrogens is 187 g/mol. The summed E-state index contributed by atoms with van der Waals surface area (Å²) in [4.78, 5) is 10.6. The first-order valence-corrected chi connectivity index (χ1v) is 3.95. The molecule has 14 heavy (non-hydrogen) atoms. The maximum absolute atomic E-state index is 13.5. The SMILES string of the molecule is Cn1cc2c(F)c(C(=O)O)ccc2n1. The predicted octanol–water partition coefficient (Wildman–Crippen LogP) is 1.41. The topological polar surface area (TPSA) is 55.1 Å². The molecule has 0 spiro atoms. The summed E-state index contributed by atoms with van der Waals surface area (Å²) in [6.45, 7) is 0. The van der Waals surface area contributed by atoms with Crippen molar-refractivity contribution in [1.82, 2.24) is 9.78 Å². The Kier molecular flexibility index (Phi) is 1.73. The minimum Gasteiger partial charge on any atom is -0.478 e. The number of nitrogens with zero attached hydrogens (tertiary/aromatic N) is 2. The van der Waals surface area contributed by atoms with Crippen LogP contribution in [0, 0.1) is 5.82 Å². The second-order valence-corrected chi connectivity index (χ2v) is 2.97. The molecule has 0 unspecified atom stereocenters. The molecular formula is C9H7FN2O2. The highest BCUT2D eigenvalue weighted by Gasteiger charge is 2.14. The fourth-order valence-corrected chi connectivity index (χ4v) is 1.34. The van der Waals surface area contributed by atoms with Gasteiger partial charge in [-0.15, -0.1) is 0 Å². The van der Waals surface area contributed by atoms with E-state index in [1.165, 1.54) is 23.0 Å². The van der Waals surface area contributed by atoms with Gasteiger partial charge < -0.3 is 5.11 Å². The van der Waals surface area contributed by atoms with E-state index in [9.17, 15) is 9.18 Å². The van der Waals surface area contributed by atoms with Gasteiger partial charge in [0.05, 0.1) is 16.5 Å². The minimum absolute atomic E-state index is 0.229. The summed E-state index contributed by atoms with van der Waals surface area (Å²) in [6.07, 6.45) is 1.46. The van der Waals surface area contributed by atoms with Gasteiger partial charge in [-0.1, -0.05) is 0 Å². The first-order chi connectivity index (χ1) is 6.59. The molecule has 0 saturated carbocycles. The van der Waals surface area contributed by atoms with Crippen LogP contribution in [-0.4, -0.2) is 20.9 Å². The van der Waals surface area contributed by atoms with E-state index in [1.54, 1.807) is 7.05 Å².